The lowest BCUT2D eigenvalue weighted by Gasteiger charge is -2.19. The molecule has 5 nitrogen and oxygen atoms in total. The van der Waals surface area contributed by atoms with E-state index < -0.39 is 0 Å². The van der Waals surface area contributed by atoms with Crippen molar-refractivity contribution in [1.82, 2.24) is 15.1 Å². The Kier molecular flexibility index (Phi) is 5.64. The van der Waals surface area contributed by atoms with Gasteiger partial charge in [-0.1, -0.05) is 12.1 Å². The second-order valence-electron chi connectivity index (χ2n) is 5.68. The van der Waals surface area contributed by atoms with Gasteiger partial charge in [-0.3, -0.25) is 9.80 Å². The minimum absolute atomic E-state index is 0.501. The number of hydrogen-bond acceptors (Lipinski definition) is 5. The molecule has 0 radical (unpaired) electrons. The molecule has 0 bridgehead atoms. The van der Waals surface area contributed by atoms with Gasteiger partial charge in [-0.05, 0) is 43.1 Å². The maximum atomic E-state index is 10.4. The lowest BCUT2D eigenvalue weighted by atomic mass is 10.1. The average molecular weight is 276 g/mol. The molecular formula is C15H24N4O. The summed E-state index contributed by atoms with van der Waals surface area (Å²) in [6.45, 7) is 9.67. The highest BCUT2D eigenvalue weighted by Gasteiger charge is 2.18. The summed E-state index contributed by atoms with van der Waals surface area (Å²) in [4.78, 5) is 15.3. The van der Waals surface area contributed by atoms with Crippen LogP contribution in [0.15, 0.2) is 29.4 Å². The van der Waals surface area contributed by atoms with E-state index in [-0.39, 0.29) is 0 Å². The van der Waals surface area contributed by atoms with Crippen LogP contribution in [-0.4, -0.2) is 48.8 Å². The summed E-state index contributed by atoms with van der Waals surface area (Å²) in [6, 6.07) is 8.08. The van der Waals surface area contributed by atoms with Crippen molar-refractivity contribution in [2.24, 2.45) is 5.18 Å². The van der Waals surface area contributed by atoms with Crippen LogP contribution in [0.4, 0.5) is 5.69 Å². The van der Waals surface area contributed by atoms with Crippen molar-refractivity contribution in [2.75, 3.05) is 33.0 Å². The quantitative estimate of drug-likeness (QED) is 0.775. The van der Waals surface area contributed by atoms with Crippen molar-refractivity contribution in [2.45, 2.75) is 26.3 Å². The molecule has 1 aliphatic rings. The molecule has 1 aromatic rings. The third-order valence-corrected chi connectivity index (χ3v) is 3.61. The number of nitroso groups, excluding NO2 is 1. The van der Waals surface area contributed by atoms with Crippen LogP contribution in [0.2, 0.25) is 0 Å². The average Bonchev–Trinajstić information content (AvgIpc) is 2.91. The van der Waals surface area contributed by atoms with Gasteiger partial charge < -0.3 is 5.32 Å². The largest absolute Gasteiger partial charge is 0.302 e. The summed E-state index contributed by atoms with van der Waals surface area (Å²) in [6.07, 6.45) is 1.02. The van der Waals surface area contributed by atoms with Gasteiger partial charge in [0.15, 0.2) is 0 Å². The van der Waals surface area contributed by atoms with Crippen LogP contribution in [0.5, 0.6) is 0 Å². The van der Waals surface area contributed by atoms with Crippen molar-refractivity contribution in [1.29, 1.82) is 0 Å². The molecule has 0 unspecified atom stereocenters. The van der Waals surface area contributed by atoms with Crippen LogP contribution in [0, 0.1) is 4.91 Å². The molecule has 0 aromatic heterocycles. The van der Waals surface area contributed by atoms with Gasteiger partial charge in [0.2, 0.25) is 0 Å². The molecule has 1 saturated heterocycles. The maximum Gasteiger partial charge on any atom is 0.108 e. The van der Waals surface area contributed by atoms with Gasteiger partial charge in [0.05, 0.1) is 6.67 Å². The fourth-order valence-electron chi connectivity index (χ4n) is 2.34. The van der Waals surface area contributed by atoms with E-state index in [9.17, 15) is 4.91 Å². The topological polar surface area (TPSA) is 47.9 Å². The summed E-state index contributed by atoms with van der Waals surface area (Å²) in [7, 11) is 0. The highest BCUT2D eigenvalue weighted by Crippen LogP contribution is 2.13. The van der Waals surface area contributed by atoms with E-state index in [1.54, 1.807) is 12.1 Å². The molecule has 1 heterocycles. The SMILES string of the molecule is CC(C)NCN1CCN(CCc2ccc(N=O)cc2)C1. The van der Waals surface area contributed by atoms with Crippen molar-refractivity contribution < 1.29 is 0 Å². The Morgan fingerprint density at radius 3 is 2.55 bits per heavy atom. The van der Waals surface area contributed by atoms with Crippen molar-refractivity contribution in [3.63, 3.8) is 0 Å². The number of nitrogens with one attached hydrogen (secondary N) is 1. The van der Waals surface area contributed by atoms with Crippen molar-refractivity contribution in [3.05, 3.63) is 34.7 Å². The zero-order valence-corrected chi connectivity index (χ0v) is 12.4. The van der Waals surface area contributed by atoms with Gasteiger partial charge in [0, 0.05) is 32.3 Å². The Labute approximate surface area is 120 Å². The molecule has 0 saturated carbocycles. The smallest absolute Gasteiger partial charge is 0.108 e. The van der Waals surface area contributed by atoms with Crippen molar-refractivity contribution >= 4 is 5.69 Å². The molecule has 2 rings (SSSR count). The van der Waals surface area contributed by atoms with E-state index in [0.717, 1.165) is 39.4 Å². The monoisotopic (exact) mass is 276 g/mol. The second-order valence-corrected chi connectivity index (χ2v) is 5.68. The third kappa shape index (κ3) is 4.67. The first-order valence-electron chi connectivity index (χ1n) is 7.28. The van der Waals surface area contributed by atoms with Crippen molar-refractivity contribution in [3.8, 4) is 0 Å². The normalized spacial score (nSPS) is 16.9. The van der Waals surface area contributed by atoms with Crippen LogP contribution in [0.1, 0.15) is 19.4 Å². The predicted octanol–water partition coefficient (Wildman–Crippen LogP) is 2.16. The molecule has 1 aromatic carbocycles. The molecule has 110 valence electrons. The van der Waals surface area contributed by atoms with E-state index in [1.807, 2.05) is 12.1 Å². The Morgan fingerprint density at radius 2 is 1.90 bits per heavy atom. The van der Waals surface area contributed by atoms with Gasteiger partial charge in [0.25, 0.3) is 0 Å². The Balaban J connectivity index is 1.70. The number of hydrogen-bond donors (Lipinski definition) is 1. The lowest BCUT2D eigenvalue weighted by molar-refractivity contribution is 0.229. The van der Waals surface area contributed by atoms with E-state index in [1.165, 1.54) is 5.56 Å². The van der Waals surface area contributed by atoms with Crippen LogP contribution >= 0.6 is 0 Å². The molecule has 1 fully saturated rings. The summed E-state index contributed by atoms with van der Waals surface area (Å²) >= 11 is 0. The molecule has 5 heteroatoms. The van der Waals surface area contributed by atoms with E-state index in [0.29, 0.717) is 11.7 Å². The van der Waals surface area contributed by atoms with E-state index >= 15 is 0 Å². The molecule has 1 aliphatic heterocycles. The molecule has 20 heavy (non-hydrogen) atoms. The first-order chi connectivity index (χ1) is 9.67. The maximum absolute atomic E-state index is 10.4. The molecule has 1 N–H and O–H groups in total. The third-order valence-electron chi connectivity index (χ3n) is 3.61. The molecule has 0 atom stereocenters. The lowest BCUT2D eigenvalue weighted by Crippen LogP contribution is -2.37. The highest BCUT2D eigenvalue weighted by molar-refractivity contribution is 5.38. The minimum Gasteiger partial charge on any atom is -0.302 e. The van der Waals surface area contributed by atoms with Crippen LogP contribution < -0.4 is 5.32 Å². The Hall–Kier alpha value is -1.30. The predicted molar refractivity (Wildman–Crippen MR) is 81.9 cm³/mol. The van der Waals surface area contributed by atoms with E-state index in [2.05, 4.69) is 34.1 Å². The highest BCUT2D eigenvalue weighted by atomic mass is 16.3. The molecule has 0 aliphatic carbocycles. The van der Waals surface area contributed by atoms with E-state index in [4.69, 9.17) is 0 Å². The number of nitrogens with zero attached hydrogens (tertiary/aromatic N) is 3. The molecule has 0 amide bonds. The zero-order valence-electron chi connectivity index (χ0n) is 12.4. The summed E-state index contributed by atoms with van der Waals surface area (Å²) in [5, 5.41) is 6.37. The number of rotatable bonds is 7. The summed E-state index contributed by atoms with van der Waals surface area (Å²) in [5.74, 6) is 0. The molecular weight excluding hydrogens is 252 g/mol. The number of benzene rings is 1. The van der Waals surface area contributed by atoms with Crippen LogP contribution in [0.25, 0.3) is 0 Å². The first-order valence-corrected chi connectivity index (χ1v) is 7.28. The second kappa shape index (κ2) is 7.47. The van der Waals surface area contributed by atoms with Gasteiger partial charge in [-0.15, -0.1) is 4.91 Å². The van der Waals surface area contributed by atoms with Gasteiger partial charge >= 0.3 is 0 Å². The Morgan fingerprint density at radius 1 is 1.20 bits per heavy atom. The first kappa shape index (κ1) is 15.1. The van der Waals surface area contributed by atoms with Gasteiger partial charge in [0.1, 0.15) is 5.69 Å². The molecule has 0 spiro atoms. The zero-order chi connectivity index (χ0) is 14.4. The van der Waals surface area contributed by atoms with Crippen LogP contribution in [-0.2, 0) is 6.42 Å². The van der Waals surface area contributed by atoms with Crippen LogP contribution in [0.3, 0.4) is 0 Å². The van der Waals surface area contributed by atoms with Gasteiger partial charge in [-0.25, -0.2) is 0 Å². The Bertz CT molecular complexity index is 418. The fraction of sp³-hybridized carbons (Fsp3) is 0.600. The van der Waals surface area contributed by atoms with Gasteiger partial charge in [-0.2, -0.15) is 0 Å². The summed E-state index contributed by atoms with van der Waals surface area (Å²) in [5.41, 5.74) is 1.76. The standard InChI is InChI=1S/C15H24N4O/c1-13(2)16-11-19-10-9-18(12-19)8-7-14-3-5-15(17-20)6-4-14/h3-6,13,16H,7-12H2,1-2H3. The fourth-order valence-corrected chi connectivity index (χ4v) is 2.34. The summed E-state index contributed by atoms with van der Waals surface area (Å²) < 4.78 is 0. The minimum atomic E-state index is 0.501.